The van der Waals surface area contributed by atoms with E-state index in [1.807, 2.05) is 22.8 Å². The number of amides is 1. The molecule has 4 aromatic rings. The van der Waals surface area contributed by atoms with Crippen molar-refractivity contribution >= 4 is 34.6 Å². The first-order valence-electron chi connectivity index (χ1n) is 18.6. The van der Waals surface area contributed by atoms with Crippen LogP contribution in [-0.2, 0) is 27.3 Å². The number of imidazole rings is 1. The average Bonchev–Trinajstić information content (AvgIpc) is 3.47. The molecule has 4 rings (SSSR count). The van der Waals surface area contributed by atoms with Gasteiger partial charge in [-0.25, -0.2) is 14.6 Å². The predicted octanol–water partition coefficient (Wildman–Crippen LogP) is 9.79. The molecule has 0 saturated heterocycles. The SMILES string of the molecule is CCCCCCCCCCCCNC(=O)CNc1ccc2nc(CCCC)n(Cc3ccc(-c4ccccc4)c(C(=O)OC(=O)C(F)(F)F)c3)c2c1. The quantitative estimate of drug-likeness (QED) is 0.0505. The minimum absolute atomic E-state index is 0.0879. The number of nitrogens with one attached hydrogen (secondary N) is 2. The molecule has 1 aromatic heterocycles. The summed E-state index contributed by atoms with van der Waals surface area (Å²) in [5, 5.41) is 6.21. The molecule has 11 heteroatoms. The first-order valence-corrected chi connectivity index (χ1v) is 18.6. The molecule has 0 bridgehead atoms. The first-order chi connectivity index (χ1) is 25.1. The molecule has 8 nitrogen and oxygen atoms in total. The highest BCUT2D eigenvalue weighted by atomic mass is 19.4. The van der Waals surface area contributed by atoms with Crippen LogP contribution < -0.4 is 10.6 Å². The number of fused-ring (bicyclic) bond motifs is 1. The van der Waals surface area contributed by atoms with Crippen LogP contribution in [0.15, 0.2) is 66.7 Å². The molecule has 0 saturated carbocycles. The Kier molecular flexibility index (Phi) is 15.7. The average molecular weight is 721 g/mol. The van der Waals surface area contributed by atoms with Gasteiger partial charge in [0.1, 0.15) is 5.82 Å². The lowest BCUT2D eigenvalue weighted by molar-refractivity contribution is -0.193. The van der Waals surface area contributed by atoms with Crippen LogP contribution in [0.2, 0.25) is 0 Å². The molecule has 1 heterocycles. The van der Waals surface area contributed by atoms with E-state index in [1.54, 1.807) is 42.5 Å². The second-order valence-electron chi connectivity index (χ2n) is 13.2. The van der Waals surface area contributed by atoms with Crippen molar-refractivity contribution in [2.45, 2.75) is 110 Å². The molecular weight excluding hydrogens is 669 g/mol. The Morgan fingerprint density at radius 3 is 2.13 bits per heavy atom. The summed E-state index contributed by atoms with van der Waals surface area (Å²) in [6, 6.07) is 19.3. The lowest BCUT2D eigenvalue weighted by Crippen LogP contribution is -2.30. The fraction of sp³-hybridized carbons (Fsp3) is 0.463. The molecular formula is C41H51F3N4O4. The van der Waals surface area contributed by atoms with Gasteiger partial charge in [0.05, 0.1) is 23.1 Å². The molecule has 280 valence electrons. The van der Waals surface area contributed by atoms with Crippen molar-refractivity contribution in [2.75, 3.05) is 18.4 Å². The molecule has 0 fully saturated rings. The molecule has 3 aromatic carbocycles. The summed E-state index contributed by atoms with van der Waals surface area (Å²) in [4.78, 5) is 42.1. The van der Waals surface area contributed by atoms with Gasteiger partial charge in [0.15, 0.2) is 0 Å². The zero-order chi connectivity index (χ0) is 37.3. The Morgan fingerprint density at radius 1 is 0.788 bits per heavy atom. The van der Waals surface area contributed by atoms with Crippen LogP contribution in [0.4, 0.5) is 18.9 Å². The van der Waals surface area contributed by atoms with E-state index >= 15 is 0 Å². The number of halogens is 3. The lowest BCUT2D eigenvalue weighted by Gasteiger charge is -2.14. The summed E-state index contributed by atoms with van der Waals surface area (Å²) >= 11 is 0. The van der Waals surface area contributed by atoms with Crippen LogP contribution in [0.25, 0.3) is 22.2 Å². The Hall–Kier alpha value is -4.67. The van der Waals surface area contributed by atoms with E-state index < -0.39 is 18.1 Å². The van der Waals surface area contributed by atoms with Crippen molar-refractivity contribution in [1.29, 1.82) is 0 Å². The number of aromatic nitrogens is 2. The van der Waals surface area contributed by atoms with E-state index in [9.17, 15) is 27.6 Å². The summed E-state index contributed by atoms with van der Waals surface area (Å²) in [7, 11) is 0. The normalized spacial score (nSPS) is 11.5. The van der Waals surface area contributed by atoms with E-state index in [4.69, 9.17) is 4.98 Å². The Morgan fingerprint density at radius 2 is 1.46 bits per heavy atom. The molecule has 0 aliphatic rings. The Labute approximate surface area is 304 Å². The van der Waals surface area contributed by atoms with Crippen molar-refractivity contribution < 1.29 is 32.3 Å². The fourth-order valence-corrected chi connectivity index (χ4v) is 6.18. The van der Waals surface area contributed by atoms with Crippen LogP contribution in [-0.4, -0.2) is 46.7 Å². The number of ether oxygens (including phenoxy) is 1. The van der Waals surface area contributed by atoms with Gasteiger partial charge in [-0.1, -0.05) is 121 Å². The smallest absolute Gasteiger partial charge is 0.383 e. The predicted molar refractivity (Wildman–Crippen MR) is 199 cm³/mol. The molecule has 0 radical (unpaired) electrons. The van der Waals surface area contributed by atoms with E-state index in [0.29, 0.717) is 29.7 Å². The maximum atomic E-state index is 13.0. The zero-order valence-corrected chi connectivity index (χ0v) is 30.3. The van der Waals surface area contributed by atoms with Crippen molar-refractivity contribution in [3.05, 3.63) is 83.7 Å². The van der Waals surface area contributed by atoms with E-state index in [1.165, 1.54) is 57.4 Å². The highest BCUT2D eigenvalue weighted by molar-refractivity contribution is 6.03. The number of alkyl halides is 3. The third kappa shape index (κ3) is 12.2. The van der Waals surface area contributed by atoms with Crippen LogP contribution in [0.5, 0.6) is 0 Å². The number of aryl methyl sites for hydroxylation is 1. The second-order valence-corrected chi connectivity index (χ2v) is 13.2. The number of anilines is 1. The molecule has 2 N–H and O–H groups in total. The summed E-state index contributed by atoms with van der Waals surface area (Å²) in [6.45, 7) is 5.32. The number of rotatable bonds is 21. The number of nitrogens with zero attached hydrogens (tertiary/aromatic N) is 2. The largest absolute Gasteiger partial charge is 0.491 e. The number of unbranched alkanes of at least 4 members (excludes halogenated alkanes) is 10. The van der Waals surface area contributed by atoms with Crippen LogP contribution in [0.3, 0.4) is 0 Å². The third-order valence-corrected chi connectivity index (χ3v) is 9.03. The topological polar surface area (TPSA) is 102 Å². The number of esters is 2. The van der Waals surface area contributed by atoms with Crippen LogP contribution in [0.1, 0.15) is 113 Å². The Balaban J connectivity index is 1.44. The first kappa shape index (κ1) is 40.1. The highest BCUT2D eigenvalue weighted by Gasteiger charge is 2.42. The van der Waals surface area contributed by atoms with Crippen molar-refractivity contribution in [3.8, 4) is 11.1 Å². The molecule has 0 aliphatic heterocycles. The van der Waals surface area contributed by atoms with E-state index in [-0.39, 0.29) is 24.6 Å². The van der Waals surface area contributed by atoms with Crippen molar-refractivity contribution in [3.63, 3.8) is 0 Å². The lowest BCUT2D eigenvalue weighted by atomic mass is 9.97. The minimum atomic E-state index is -5.32. The number of hydrogen-bond acceptors (Lipinski definition) is 6. The summed E-state index contributed by atoms with van der Waals surface area (Å²) in [5.41, 5.74) is 3.65. The Bertz CT molecular complexity index is 1750. The summed E-state index contributed by atoms with van der Waals surface area (Å²) in [5.74, 6) is -3.23. The standard InChI is InChI=1S/C41H51F3N4O4/c1-3-5-7-8-9-10-11-12-13-17-25-45-38(49)28-46-32-22-24-35-36(27-32)48(37(47-35)20-6-4-2)29-30-21-23-33(31-18-15-14-16-19-31)34(26-30)39(50)52-40(51)41(42,43)44/h14-16,18-19,21-24,26-27,46H,3-13,17,20,25,28-29H2,1-2H3,(H,45,49). The van der Waals surface area contributed by atoms with Gasteiger partial charge in [0.25, 0.3) is 0 Å². The van der Waals surface area contributed by atoms with Crippen molar-refractivity contribution in [2.24, 2.45) is 0 Å². The molecule has 52 heavy (non-hydrogen) atoms. The molecule has 0 atom stereocenters. The van der Waals surface area contributed by atoms with Gasteiger partial charge >= 0.3 is 18.1 Å². The number of carbonyl (C=O) groups is 3. The van der Waals surface area contributed by atoms with E-state index in [2.05, 4.69) is 29.2 Å². The fourth-order valence-electron chi connectivity index (χ4n) is 6.18. The highest BCUT2D eigenvalue weighted by Crippen LogP contribution is 2.29. The van der Waals surface area contributed by atoms with Crippen LogP contribution in [0, 0.1) is 0 Å². The number of benzene rings is 3. The molecule has 0 aliphatic carbocycles. The van der Waals surface area contributed by atoms with Crippen molar-refractivity contribution in [1.82, 2.24) is 14.9 Å². The molecule has 0 spiro atoms. The number of hydrogen-bond donors (Lipinski definition) is 2. The van der Waals surface area contributed by atoms with Gasteiger partial charge in [0, 0.05) is 25.2 Å². The molecule has 0 unspecified atom stereocenters. The number of carbonyl (C=O) groups excluding carboxylic acids is 3. The second kappa shape index (κ2) is 20.4. The zero-order valence-electron chi connectivity index (χ0n) is 30.3. The van der Waals surface area contributed by atoms with Gasteiger partial charge in [-0.15, -0.1) is 0 Å². The van der Waals surface area contributed by atoms with Crippen LogP contribution >= 0.6 is 0 Å². The monoisotopic (exact) mass is 720 g/mol. The molecule has 1 amide bonds. The van der Waals surface area contributed by atoms with E-state index in [0.717, 1.165) is 48.2 Å². The van der Waals surface area contributed by atoms with Gasteiger partial charge in [-0.3, -0.25) is 4.79 Å². The van der Waals surface area contributed by atoms with Gasteiger partial charge in [0.2, 0.25) is 5.91 Å². The summed E-state index contributed by atoms with van der Waals surface area (Å²) in [6.07, 6.45) is 9.55. The van der Waals surface area contributed by atoms with Gasteiger partial charge in [-0.2, -0.15) is 13.2 Å². The maximum absolute atomic E-state index is 13.0. The summed E-state index contributed by atoms with van der Waals surface area (Å²) < 4.78 is 45.3. The minimum Gasteiger partial charge on any atom is -0.383 e. The maximum Gasteiger partial charge on any atom is 0.491 e. The third-order valence-electron chi connectivity index (χ3n) is 9.03. The van der Waals surface area contributed by atoms with Gasteiger partial charge in [-0.05, 0) is 53.8 Å². The van der Waals surface area contributed by atoms with Gasteiger partial charge < -0.3 is 19.9 Å².